The third-order valence-electron chi connectivity index (χ3n) is 5.81. The van der Waals surface area contributed by atoms with Crippen LogP contribution >= 0.6 is 0 Å². The molecule has 1 amide bonds. The predicted molar refractivity (Wildman–Crippen MR) is 127 cm³/mol. The maximum absolute atomic E-state index is 12.6. The summed E-state index contributed by atoms with van der Waals surface area (Å²) in [6, 6.07) is 19.1. The van der Waals surface area contributed by atoms with Crippen LogP contribution in [0.2, 0.25) is 0 Å². The molecule has 0 saturated carbocycles. The van der Waals surface area contributed by atoms with Gasteiger partial charge in [0.05, 0.1) is 0 Å². The van der Waals surface area contributed by atoms with E-state index in [2.05, 4.69) is 31.5 Å². The van der Waals surface area contributed by atoms with Gasteiger partial charge in [0.2, 0.25) is 11.8 Å². The molecule has 33 heavy (non-hydrogen) atoms. The minimum absolute atomic E-state index is 0.132. The van der Waals surface area contributed by atoms with Crippen molar-refractivity contribution in [1.29, 1.82) is 0 Å². The number of carbonyl (C=O) groups is 1. The first kappa shape index (κ1) is 20.9. The summed E-state index contributed by atoms with van der Waals surface area (Å²) < 4.78 is 5.82. The second-order valence-corrected chi connectivity index (χ2v) is 8.25. The first-order valence-electron chi connectivity index (χ1n) is 11.1. The van der Waals surface area contributed by atoms with Crippen molar-refractivity contribution < 1.29 is 9.21 Å². The van der Waals surface area contributed by atoms with Crippen LogP contribution < -0.4 is 10.2 Å². The van der Waals surface area contributed by atoms with Crippen molar-refractivity contribution in [3.8, 4) is 22.9 Å². The molecular formula is C26H25N5O2. The van der Waals surface area contributed by atoms with Gasteiger partial charge in [-0.1, -0.05) is 17.7 Å². The second kappa shape index (κ2) is 9.24. The highest BCUT2D eigenvalue weighted by molar-refractivity contribution is 5.94. The third kappa shape index (κ3) is 4.77. The van der Waals surface area contributed by atoms with Gasteiger partial charge in [0.25, 0.3) is 5.91 Å². The SMILES string of the molecule is Cc1ccc(-c2nnc(-c3ccc(C(=O)NCc4ccnc(N5CCCC5)c4)cc3)o2)cc1. The van der Waals surface area contributed by atoms with Gasteiger partial charge in [-0.2, -0.15) is 0 Å². The quantitative estimate of drug-likeness (QED) is 0.471. The second-order valence-electron chi connectivity index (χ2n) is 8.25. The highest BCUT2D eigenvalue weighted by atomic mass is 16.4. The molecule has 7 heteroatoms. The summed E-state index contributed by atoms with van der Waals surface area (Å²) in [5.74, 6) is 1.74. The fourth-order valence-electron chi connectivity index (χ4n) is 3.89. The highest BCUT2D eigenvalue weighted by Gasteiger charge is 2.14. The van der Waals surface area contributed by atoms with Crippen LogP contribution in [0.5, 0.6) is 0 Å². The van der Waals surface area contributed by atoms with Crippen LogP contribution in [0.3, 0.4) is 0 Å². The van der Waals surface area contributed by atoms with Crippen molar-refractivity contribution in [3.05, 3.63) is 83.6 Å². The lowest BCUT2D eigenvalue weighted by Gasteiger charge is -2.17. The lowest BCUT2D eigenvalue weighted by Crippen LogP contribution is -2.23. The number of hydrogen-bond donors (Lipinski definition) is 1. The Hall–Kier alpha value is -4.00. The summed E-state index contributed by atoms with van der Waals surface area (Å²) >= 11 is 0. The molecular weight excluding hydrogens is 414 g/mol. The number of benzene rings is 2. The average Bonchev–Trinajstić information content (AvgIpc) is 3.56. The summed E-state index contributed by atoms with van der Waals surface area (Å²) in [6.45, 7) is 4.57. The van der Waals surface area contributed by atoms with Gasteiger partial charge in [0.15, 0.2) is 0 Å². The Labute approximate surface area is 192 Å². The first-order valence-corrected chi connectivity index (χ1v) is 11.1. The summed E-state index contributed by atoms with van der Waals surface area (Å²) in [4.78, 5) is 19.4. The van der Waals surface area contributed by atoms with Crippen LogP contribution in [-0.4, -0.2) is 34.2 Å². The third-order valence-corrected chi connectivity index (χ3v) is 5.81. The number of aromatic nitrogens is 3. The van der Waals surface area contributed by atoms with E-state index in [0.29, 0.717) is 23.9 Å². The maximum atomic E-state index is 12.6. The van der Waals surface area contributed by atoms with Gasteiger partial charge in [0, 0.05) is 42.5 Å². The van der Waals surface area contributed by atoms with Gasteiger partial charge in [-0.25, -0.2) is 4.98 Å². The molecule has 0 atom stereocenters. The zero-order valence-corrected chi connectivity index (χ0v) is 18.5. The molecule has 5 rings (SSSR count). The fourth-order valence-corrected chi connectivity index (χ4v) is 3.89. The van der Waals surface area contributed by atoms with Crippen molar-refractivity contribution in [3.63, 3.8) is 0 Å². The number of nitrogens with zero attached hydrogens (tertiary/aromatic N) is 4. The zero-order valence-electron chi connectivity index (χ0n) is 18.5. The van der Waals surface area contributed by atoms with Gasteiger partial charge >= 0.3 is 0 Å². The van der Waals surface area contributed by atoms with Crippen LogP contribution in [0.1, 0.15) is 34.3 Å². The highest BCUT2D eigenvalue weighted by Crippen LogP contribution is 2.24. The molecule has 0 spiro atoms. The summed E-state index contributed by atoms with van der Waals surface area (Å²) in [7, 11) is 0. The first-order chi connectivity index (χ1) is 16.2. The number of pyridine rings is 1. The van der Waals surface area contributed by atoms with Crippen molar-refractivity contribution in [1.82, 2.24) is 20.5 Å². The molecule has 4 aromatic rings. The Morgan fingerprint density at radius 1 is 0.939 bits per heavy atom. The van der Waals surface area contributed by atoms with E-state index in [9.17, 15) is 4.79 Å². The zero-order chi connectivity index (χ0) is 22.6. The molecule has 166 valence electrons. The molecule has 2 aromatic carbocycles. The number of amides is 1. The van der Waals surface area contributed by atoms with E-state index in [1.165, 1.54) is 18.4 Å². The molecule has 1 N–H and O–H groups in total. The van der Waals surface area contributed by atoms with Gasteiger partial charge in [-0.15, -0.1) is 10.2 Å². The average molecular weight is 440 g/mol. The molecule has 0 bridgehead atoms. The molecule has 1 aliphatic heterocycles. The monoisotopic (exact) mass is 439 g/mol. The number of rotatable bonds is 6. The van der Waals surface area contributed by atoms with Crippen LogP contribution in [0.15, 0.2) is 71.3 Å². The minimum Gasteiger partial charge on any atom is -0.416 e. The lowest BCUT2D eigenvalue weighted by molar-refractivity contribution is 0.0951. The molecule has 0 radical (unpaired) electrons. The largest absolute Gasteiger partial charge is 0.416 e. The van der Waals surface area contributed by atoms with E-state index in [0.717, 1.165) is 35.6 Å². The Bertz CT molecular complexity index is 1240. The number of nitrogens with one attached hydrogen (secondary N) is 1. The van der Waals surface area contributed by atoms with Gasteiger partial charge in [-0.05, 0) is 73.9 Å². The Morgan fingerprint density at radius 2 is 1.58 bits per heavy atom. The van der Waals surface area contributed by atoms with Crippen LogP contribution in [0.25, 0.3) is 22.9 Å². The van der Waals surface area contributed by atoms with Gasteiger partial charge < -0.3 is 14.6 Å². The van der Waals surface area contributed by atoms with Crippen molar-refractivity contribution in [2.45, 2.75) is 26.3 Å². The van der Waals surface area contributed by atoms with Crippen molar-refractivity contribution in [2.24, 2.45) is 0 Å². The van der Waals surface area contributed by atoms with Crippen LogP contribution in [0, 0.1) is 6.92 Å². The molecule has 7 nitrogen and oxygen atoms in total. The number of carbonyl (C=O) groups excluding carboxylic acids is 1. The fraction of sp³-hybridized carbons (Fsp3) is 0.231. The van der Waals surface area contributed by atoms with Crippen molar-refractivity contribution in [2.75, 3.05) is 18.0 Å². The van der Waals surface area contributed by atoms with Gasteiger partial charge in [-0.3, -0.25) is 4.79 Å². The van der Waals surface area contributed by atoms with E-state index >= 15 is 0 Å². The molecule has 0 unspecified atom stereocenters. The van der Waals surface area contributed by atoms with E-state index < -0.39 is 0 Å². The summed E-state index contributed by atoms with van der Waals surface area (Å²) in [6.07, 6.45) is 4.21. The van der Waals surface area contributed by atoms with Crippen molar-refractivity contribution >= 4 is 11.7 Å². The minimum atomic E-state index is -0.132. The van der Waals surface area contributed by atoms with Crippen LogP contribution in [0.4, 0.5) is 5.82 Å². The Balaban J connectivity index is 1.22. The summed E-state index contributed by atoms with van der Waals surface area (Å²) in [5, 5.41) is 11.3. The Kier molecular flexibility index (Phi) is 5.85. The van der Waals surface area contributed by atoms with Crippen LogP contribution in [-0.2, 0) is 6.54 Å². The number of aryl methyl sites for hydroxylation is 1. The topological polar surface area (TPSA) is 84.2 Å². The maximum Gasteiger partial charge on any atom is 0.251 e. The molecule has 2 aromatic heterocycles. The molecule has 1 aliphatic rings. The van der Waals surface area contributed by atoms with E-state index in [1.807, 2.05) is 49.4 Å². The molecule has 0 aliphatic carbocycles. The number of anilines is 1. The van der Waals surface area contributed by atoms with E-state index in [1.54, 1.807) is 18.3 Å². The molecule has 3 heterocycles. The standard InChI is InChI=1S/C26H25N5O2/c1-18-4-6-21(7-5-18)25-29-30-26(33-25)22-10-8-20(9-11-22)24(32)28-17-19-12-13-27-23(16-19)31-14-2-3-15-31/h4-13,16H,2-3,14-15,17H2,1H3,(H,28,32). The molecule has 1 fully saturated rings. The van der Waals surface area contributed by atoms with E-state index in [-0.39, 0.29) is 5.91 Å². The lowest BCUT2D eigenvalue weighted by atomic mass is 10.1. The Morgan fingerprint density at radius 3 is 2.24 bits per heavy atom. The van der Waals surface area contributed by atoms with E-state index in [4.69, 9.17) is 4.42 Å². The smallest absolute Gasteiger partial charge is 0.251 e. The summed E-state index contributed by atoms with van der Waals surface area (Å²) in [5.41, 5.74) is 4.42. The van der Waals surface area contributed by atoms with Gasteiger partial charge in [0.1, 0.15) is 5.82 Å². The number of hydrogen-bond acceptors (Lipinski definition) is 6. The molecule has 1 saturated heterocycles. The predicted octanol–water partition coefficient (Wildman–Crippen LogP) is 4.64. The normalized spacial score (nSPS) is 13.3.